The zero-order valence-corrected chi connectivity index (χ0v) is 12.8. The third kappa shape index (κ3) is 1.76. The predicted octanol–water partition coefficient (Wildman–Crippen LogP) is 2.60. The van der Waals surface area contributed by atoms with Crippen molar-refractivity contribution in [2.24, 2.45) is 0 Å². The van der Waals surface area contributed by atoms with Crippen molar-refractivity contribution >= 4 is 29.9 Å². The Morgan fingerprint density at radius 1 is 1.05 bits per heavy atom. The third-order valence-corrected chi connectivity index (χ3v) is 4.61. The van der Waals surface area contributed by atoms with Gasteiger partial charge >= 0.3 is 6.98 Å². The minimum Gasteiger partial charge on any atom is -0.401 e. The van der Waals surface area contributed by atoms with Gasteiger partial charge in [-0.1, -0.05) is 36.4 Å². The van der Waals surface area contributed by atoms with E-state index in [1.165, 1.54) is 15.9 Å². The summed E-state index contributed by atoms with van der Waals surface area (Å²) in [6.07, 6.45) is 3.87. The maximum atomic E-state index is 7.99. The molecule has 0 N–H and O–H groups in total. The first kappa shape index (κ1) is 10.4. The molecule has 4 heteroatoms. The molecule has 0 aliphatic carbocycles. The molecule has 2 aromatic carbocycles. The average Bonchev–Trinajstić information content (AvgIpc) is 2.87. The topological polar surface area (TPSA) is 9.72 Å². The van der Waals surface area contributed by atoms with Crippen LogP contribution in [0.15, 0.2) is 54.7 Å². The van der Waals surface area contributed by atoms with E-state index in [0.29, 0.717) is 0 Å². The Morgan fingerprint density at radius 2 is 1.77 bits per heavy atom. The van der Waals surface area contributed by atoms with E-state index in [4.69, 9.17) is 4.11 Å². The van der Waals surface area contributed by atoms with E-state index < -0.39 is 6.98 Å². The average molecular weight is 292 g/mol. The van der Waals surface area contributed by atoms with Crippen molar-refractivity contribution < 1.29 is 4.11 Å². The first-order valence-corrected chi connectivity index (χ1v) is 7.55. The molecule has 2 heterocycles. The number of para-hydroxylation sites is 2. The lowest BCUT2D eigenvalue weighted by atomic mass is 9.60. The van der Waals surface area contributed by atoms with Crippen LogP contribution in [0.2, 0.25) is 0 Å². The highest BCUT2D eigenvalue weighted by atomic mass is 15.4. The molecule has 2 aliphatic rings. The summed E-state index contributed by atoms with van der Waals surface area (Å²) in [5, 5.41) is 0. The minimum absolute atomic E-state index is 0.0512. The zero-order chi connectivity index (χ0) is 17.8. The van der Waals surface area contributed by atoms with Crippen LogP contribution in [-0.2, 0) is 0 Å². The molecule has 1 atom stereocenters. The lowest BCUT2D eigenvalue weighted by molar-refractivity contribution is 0.670. The van der Waals surface area contributed by atoms with E-state index in [0.717, 1.165) is 11.4 Å². The van der Waals surface area contributed by atoms with Crippen LogP contribution < -0.4 is 15.2 Å². The number of hydrogen-bond donors (Lipinski definition) is 0. The van der Waals surface area contributed by atoms with Gasteiger partial charge in [-0.25, -0.2) is 0 Å². The monoisotopic (exact) mass is 292 g/mol. The molecular formula is C18H20BN3. The van der Waals surface area contributed by atoms with Crippen LogP contribution in [0.3, 0.4) is 0 Å². The van der Waals surface area contributed by atoms with E-state index in [9.17, 15) is 0 Å². The summed E-state index contributed by atoms with van der Waals surface area (Å²) in [6.45, 7) is -0.279. The molecule has 22 heavy (non-hydrogen) atoms. The highest BCUT2D eigenvalue weighted by Crippen LogP contribution is 2.39. The Balaban J connectivity index is 1.87. The number of fused-ring (bicyclic) bond motifs is 2. The molecule has 0 fully saturated rings. The van der Waals surface area contributed by atoms with E-state index in [1.807, 2.05) is 50.4 Å². The summed E-state index contributed by atoms with van der Waals surface area (Å²) in [4.78, 5) is 5.87. The van der Waals surface area contributed by atoms with Crippen LogP contribution in [0.1, 0.15) is 16.6 Å². The molecule has 0 radical (unpaired) electrons. The number of nitrogens with zero attached hydrogens (tertiary/aromatic N) is 3. The van der Waals surface area contributed by atoms with Crippen LogP contribution >= 0.6 is 0 Å². The summed E-state index contributed by atoms with van der Waals surface area (Å²) in [6, 6.07) is 16.0. The molecule has 0 saturated carbocycles. The second-order valence-corrected chi connectivity index (χ2v) is 5.88. The maximum Gasteiger partial charge on any atom is 0.412 e. The van der Waals surface area contributed by atoms with Crippen LogP contribution in [0, 0.1) is 0 Å². The molecule has 2 aromatic rings. The Morgan fingerprint density at radius 3 is 2.59 bits per heavy atom. The number of anilines is 2. The Hall–Kier alpha value is -2.36. The van der Waals surface area contributed by atoms with Gasteiger partial charge in [-0.3, -0.25) is 0 Å². The minimum atomic E-state index is -2.19. The quantitative estimate of drug-likeness (QED) is 0.748. The van der Waals surface area contributed by atoms with Gasteiger partial charge in [0.15, 0.2) is 0 Å². The van der Waals surface area contributed by atoms with Gasteiger partial charge in [0.25, 0.3) is 0 Å². The van der Waals surface area contributed by atoms with Crippen molar-refractivity contribution in [1.29, 1.82) is 0 Å². The SMILES string of the molecule is [2H]C([2H])([2H])N1c2ccccc2N(B2c3ccccc3C=CN2C)[C@H]1C. The fraction of sp³-hybridized carbons (Fsp3) is 0.222. The van der Waals surface area contributed by atoms with Crippen molar-refractivity contribution in [2.75, 3.05) is 23.7 Å². The maximum absolute atomic E-state index is 7.99. The molecule has 0 spiro atoms. The lowest BCUT2D eigenvalue weighted by Gasteiger charge is -2.39. The van der Waals surface area contributed by atoms with Crippen molar-refractivity contribution in [1.82, 2.24) is 4.81 Å². The van der Waals surface area contributed by atoms with Gasteiger partial charge in [0, 0.05) is 11.1 Å². The molecule has 0 aromatic heterocycles. The predicted molar refractivity (Wildman–Crippen MR) is 95.4 cm³/mol. The van der Waals surface area contributed by atoms with Crippen molar-refractivity contribution in [3.8, 4) is 0 Å². The van der Waals surface area contributed by atoms with Gasteiger partial charge in [0.2, 0.25) is 0 Å². The lowest BCUT2D eigenvalue weighted by Crippen LogP contribution is -2.62. The molecular weight excluding hydrogens is 269 g/mol. The molecule has 4 rings (SSSR count). The summed E-state index contributed by atoms with van der Waals surface area (Å²) in [5.74, 6) is 0. The second-order valence-electron chi connectivity index (χ2n) is 5.88. The van der Waals surface area contributed by atoms with Gasteiger partial charge in [-0.2, -0.15) is 0 Å². The summed E-state index contributed by atoms with van der Waals surface area (Å²) < 4.78 is 24.0. The molecule has 3 nitrogen and oxygen atoms in total. The van der Waals surface area contributed by atoms with E-state index in [2.05, 4.69) is 34.0 Å². The first-order valence-electron chi connectivity index (χ1n) is 9.05. The second kappa shape index (κ2) is 4.84. The molecule has 0 bridgehead atoms. The largest absolute Gasteiger partial charge is 0.412 e. The van der Waals surface area contributed by atoms with Crippen LogP contribution in [0.5, 0.6) is 0 Å². The zero-order valence-electron chi connectivity index (χ0n) is 15.8. The highest BCUT2D eigenvalue weighted by molar-refractivity contribution is 6.76. The number of hydrogen-bond acceptors (Lipinski definition) is 3. The van der Waals surface area contributed by atoms with Gasteiger partial charge < -0.3 is 14.5 Å². The third-order valence-electron chi connectivity index (χ3n) is 4.61. The standard InChI is InChI=1S/C18H20BN3/c1-14-21(3)17-10-6-7-11-18(17)22(14)19-16-9-5-4-8-15(16)12-13-20(19)2/h4-14H,1-3H3/t14-/m0/s1/i3D3. The number of benzene rings is 2. The van der Waals surface area contributed by atoms with E-state index in [-0.39, 0.29) is 13.1 Å². The summed E-state index contributed by atoms with van der Waals surface area (Å²) in [5.41, 5.74) is 4.06. The van der Waals surface area contributed by atoms with Gasteiger partial charge in [0.05, 0.1) is 17.5 Å². The van der Waals surface area contributed by atoms with E-state index in [1.54, 1.807) is 0 Å². The van der Waals surface area contributed by atoms with Gasteiger partial charge in [0.1, 0.15) is 0 Å². The Labute approximate surface area is 136 Å². The molecule has 0 amide bonds. The molecule has 0 unspecified atom stereocenters. The van der Waals surface area contributed by atoms with Crippen LogP contribution in [0.25, 0.3) is 6.08 Å². The fourth-order valence-corrected chi connectivity index (χ4v) is 3.49. The van der Waals surface area contributed by atoms with Gasteiger partial charge in [-0.05, 0) is 49.4 Å². The van der Waals surface area contributed by atoms with Crippen LogP contribution in [-0.4, -0.2) is 32.0 Å². The first-order chi connectivity index (χ1) is 11.9. The molecule has 0 saturated heterocycles. The highest BCUT2D eigenvalue weighted by Gasteiger charge is 2.42. The molecule has 110 valence electrons. The Bertz CT molecular complexity index is 836. The summed E-state index contributed by atoms with van der Waals surface area (Å²) in [7, 11) is 2.03. The number of rotatable bonds is 1. The fourth-order valence-electron chi connectivity index (χ4n) is 3.49. The normalized spacial score (nSPS) is 22.1. The van der Waals surface area contributed by atoms with Gasteiger partial charge in [-0.15, -0.1) is 0 Å². The Kier molecular flexibility index (Phi) is 2.28. The molecule has 2 aliphatic heterocycles. The van der Waals surface area contributed by atoms with Crippen molar-refractivity contribution in [3.05, 3.63) is 60.3 Å². The van der Waals surface area contributed by atoms with E-state index >= 15 is 0 Å². The summed E-state index contributed by atoms with van der Waals surface area (Å²) >= 11 is 0. The smallest absolute Gasteiger partial charge is 0.401 e. The van der Waals surface area contributed by atoms with Crippen molar-refractivity contribution in [3.63, 3.8) is 0 Å². The van der Waals surface area contributed by atoms with Crippen molar-refractivity contribution in [2.45, 2.75) is 13.1 Å². The van der Waals surface area contributed by atoms with Crippen LogP contribution in [0.4, 0.5) is 11.4 Å².